The predicted octanol–water partition coefficient (Wildman–Crippen LogP) is 4.12. The number of ether oxygens (including phenoxy) is 1. The number of anilines is 1. The van der Waals surface area contributed by atoms with Gasteiger partial charge in [-0.05, 0) is 33.6 Å². The fraction of sp³-hybridized carbons (Fsp3) is 0.143. The summed E-state index contributed by atoms with van der Waals surface area (Å²) in [5.74, 6) is 0.106. The Morgan fingerprint density at radius 2 is 2.14 bits per heavy atom. The standard InChI is InChI=1S/C14H12BrFN2O3/c1-21-10-5-6-11(16)12(7-10)17-8-9-3-2-4-13(14(9)15)18(19)20/h2-7,17H,8H2,1H3. The summed E-state index contributed by atoms with van der Waals surface area (Å²) in [6.45, 7) is 0.242. The number of hydrogen-bond donors (Lipinski definition) is 1. The molecule has 2 aromatic carbocycles. The molecule has 0 heterocycles. The van der Waals surface area contributed by atoms with Gasteiger partial charge in [0.2, 0.25) is 0 Å². The van der Waals surface area contributed by atoms with E-state index >= 15 is 0 Å². The zero-order chi connectivity index (χ0) is 15.4. The van der Waals surface area contributed by atoms with Gasteiger partial charge in [-0.1, -0.05) is 12.1 Å². The largest absolute Gasteiger partial charge is 0.497 e. The van der Waals surface area contributed by atoms with Crippen molar-refractivity contribution < 1.29 is 14.1 Å². The lowest BCUT2D eigenvalue weighted by Gasteiger charge is -2.10. The maximum Gasteiger partial charge on any atom is 0.283 e. The molecule has 0 bridgehead atoms. The monoisotopic (exact) mass is 354 g/mol. The summed E-state index contributed by atoms with van der Waals surface area (Å²) in [7, 11) is 1.49. The molecule has 2 rings (SSSR count). The molecule has 5 nitrogen and oxygen atoms in total. The quantitative estimate of drug-likeness (QED) is 0.647. The lowest BCUT2D eigenvalue weighted by Crippen LogP contribution is -2.03. The molecule has 7 heteroatoms. The first-order valence-corrected chi connectivity index (χ1v) is 6.81. The first-order valence-electron chi connectivity index (χ1n) is 6.02. The average Bonchev–Trinajstić information content (AvgIpc) is 2.47. The van der Waals surface area contributed by atoms with Crippen LogP contribution >= 0.6 is 15.9 Å². The second-order valence-electron chi connectivity index (χ2n) is 4.21. The van der Waals surface area contributed by atoms with Crippen LogP contribution in [0.4, 0.5) is 15.8 Å². The van der Waals surface area contributed by atoms with Crippen molar-refractivity contribution in [1.29, 1.82) is 0 Å². The Bertz CT molecular complexity index is 679. The van der Waals surface area contributed by atoms with Crippen molar-refractivity contribution in [2.24, 2.45) is 0 Å². The summed E-state index contributed by atoms with van der Waals surface area (Å²) >= 11 is 3.20. The Balaban J connectivity index is 2.21. The minimum Gasteiger partial charge on any atom is -0.497 e. The maximum absolute atomic E-state index is 13.7. The van der Waals surface area contributed by atoms with Crippen LogP contribution in [0.1, 0.15) is 5.56 Å². The van der Waals surface area contributed by atoms with E-state index in [0.717, 1.165) is 0 Å². The molecule has 0 unspecified atom stereocenters. The molecule has 0 aliphatic rings. The van der Waals surface area contributed by atoms with Crippen LogP contribution in [0.3, 0.4) is 0 Å². The third kappa shape index (κ3) is 3.49. The van der Waals surface area contributed by atoms with Crippen LogP contribution in [0.15, 0.2) is 40.9 Å². The highest BCUT2D eigenvalue weighted by molar-refractivity contribution is 9.10. The molecular formula is C14H12BrFN2O3. The third-order valence-electron chi connectivity index (χ3n) is 2.90. The van der Waals surface area contributed by atoms with Crippen molar-refractivity contribution in [2.75, 3.05) is 12.4 Å². The van der Waals surface area contributed by atoms with Crippen molar-refractivity contribution in [3.63, 3.8) is 0 Å². The first-order chi connectivity index (χ1) is 10.0. The number of nitro groups is 1. The van der Waals surface area contributed by atoms with Gasteiger partial charge < -0.3 is 10.1 Å². The fourth-order valence-corrected chi connectivity index (χ4v) is 2.35. The van der Waals surface area contributed by atoms with E-state index in [2.05, 4.69) is 21.2 Å². The lowest BCUT2D eigenvalue weighted by atomic mass is 10.2. The summed E-state index contributed by atoms with van der Waals surface area (Å²) < 4.78 is 19.1. The molecule has 0 radical (unpaired) electrons. The van der Waals surface area contributed by atoms with Gasteiger partial charge in [-0.15, -0.1) is 0 Å². The highest BCUT2D eigenvalue weighted by Gasteiger charge is 2.15. The number of halogens is 2. The molecule has 0 spiro atoms. The topological polar surface area (TPSA) is 64.4 Å². The normalized spacial score (nSPS) is 10.2. The Morgan fingerprint density at radius 3 is 2.81 bits per heavy atom. The van der Waals surface area contributed by atoms with E-state index in [1.54, 1.807) is 12.1 Å². The van der Waals surface area contributed by atoms with Crippen LogP contribution in [0.5, 0.6) is 5.75 Å². The van der Waals surface area contributed by atoms with Gasteiger partial charge in [-0.2, -0.15) is 0 Å². The fourth-order valence-electron chi connectivity index (χ4n) is 1.80. The molecule has 110 valence electrons. The second kappa shape index (κ2) is 6.53. The van der Waals surface area contributed by atoms with E-state index < -0.39 is 10.7 Å². The van der Waals surface area contributed by atoms with Crippen LogP contribution in [-0.2, 0) is 6.54 Å². The van der Waals surface area contributed by atoms with Gasteiger partial charge in [0.15, 0.2) is 0 Å². The highest BCUT2D eigenvalue weighted by Crippen LogP contribution is 2.29. The van der Waals surface area contributed by atoms with Crippen molar-refractivity contribution in [1.82, 2.24) is 0 Å². The molecule has 21 heavy (non-hydrogen) atoms. The maximum atomic E-state index is 13.7. The van der Waals surface area contributed by atoms with Crippen LogP contribution < -0.4 is 10.1 Å². The van der Waals surface area contributed by atoms with Gasteiger partial charge in [0.05, 0.1) is 17.7 Å². The molecule has 0 fully saturated rings. The first kappa shape index (κ1) is 15.2. The lowest BCUT2D eigenvalue weighted by molar-refractivity contribution is -0.385. The Kier molecular flexibility index (Phi) is 4.74. The van der Waals surface area contributed by atoms with E-state index in [0.29, 0.717) is 15.8 Å². The molecule has 0 atom stereocenters. The Morgan fingerprint density at radius 1 is 1.38 bits per heavy atom. The molecular weight excluding hydrogens is 343 g/mol. The zero-order valence-corrected chi connectivity index (χ0v) is 12.7. The summed E-state index contributed by atoms with van der Waals surface area (Å²) in [6.07, 6.45) is 0. The van der Waals surface area contributed by atoms with Crippen LogP contribution in [0.25, 0.3) is 0 Å². The molecule has 0 saturated heterocycles. The van der Waals surface area contributed by atoms with Crippen LogP contribution in [0.2, 0.25) is 0 Å². The van der Waals surface area contributed by atoms with Crippen molar-refractivity contribution in [3.05, 3.63) is 62.4 Å². The number of nitro benzene ring substituents is 1. The predicted molar refractivity (Wildman–Crippen MR) is 81.1 cm³/mol. The molecule has 0 aliphatic carbocycles. The molecule has 1 N–H and O–H groups in total. The number of hydrogen-bond acceptors (Lipinski definition) is 4. The smallest absolute Gasteiger partial charge is 0.283 e. The van der Waals surface area contributed by atoms with E-state index in [4.69, 9.17) is 4.74 Å². The summed E-state index contributed by atoms with van der Waals surface area (Å²) in [6, 6.07) is 9.05. The van der Waals surface area contributed by atoms with Gasteiger partial charge in [0.25, 0.3) is 5.69 Å². The van der Waals surface area contributed by atoms with E-state index in [9.17, 15) is 14.5 Å². The molecule has 2 aromatic rings. The second-order valence-corrected chi connectivity index (χ2v) is 5.00. The van der Waals surface area contributed by atoms with Crippen molar-refractivity contribution in [2.45, 2.75) is 6.54 Å². The number of methoxy groups -OCH3 is 1. The van der Waals surface area contributed by atoms with Gasteiger partial charge in [-0.25, -0.2) is 4.39 Å². The average molecular weight is 355 g/mol. The van der Waals surface area contributed by atoms with E-state index in [1.165, 1.54) is 31.4 Å². The Labute approximate surface area is 129 Å². The Hall–Kier alpha value is -2.15. The van der Waals surface area contributed by atoms with Gasteiger partial charge in [0.1, 0.15) is 16.0 Å². The SMILES string of the molecule is COc1ccc(F)c(NCc2cccc([N+](=O)[O-])c2Br)c1. The van der Waals surface area contributed by atoms with E-state index in [-0.39, 0.29) is 17.9 Å². The van der Waals surface area contributed by atoms with Crippen LogP contribution in [-0.4, -0.2) is 12.0 Å². The van der Waals surface area contributed by atoms with Gasteiger partial charge in [-0.3, -0.25) is 10.1 Å². The van der Waals surface area contributed by atoms with Gasteiger partial charge >= 0.3 is 0 Å². The number of benzene rings is 2. The molecule has 0 aromatic heterocycles. The van der Waals surface area contributed by atoms with Crippen molar-refractivity contribution >= 4 is 27.3 Å². The third-order valence-corrected chi connectivity index (χ3v) is 3.81. The van der Waals surface area contributed by atoms with Gasteiger partial charge in [0, 0.05) is 18.7 Å². The molecule has 0 amide bonds. The van der Waals surface area contributed by atoms with E-state index in [1.807, 2.05) is 0 Å². The highest BCUT2D eigenvalue weighted by atomic mass is 79.9. The van der Waals surface area contributed by atoms with Crippen LogP contribution in [0, 0.1) is 15.9 Å². The molecule has 0 saturated carbocycles. The number of rotatable bonds is 5. The summed E-state index contributed by atoms with van der Waals surface area (Å²) in [5.41, 5.74) is 0.902. The summed E-state index contributed by atoms with van der Waals surface area (Å²) in [4.78, 5) is 10.4. The number of nitrogens with one attached hydrogen (secondary N) is 1. The minimum absolute atomic E-state index is 0.0274. The molecule has 0 aliphatic heterocycles. The minimum atomic E-state index is -0.473. The zero-order valence-electron chi connectivity index (χ0n) is 11.1. The van der Waals surface area contributed by atoms with Crippen molar-refractivity contribution in [3.8, 4) is 5.75 Å². The summed E-state index contributed by atoms with van der Waals surface area (Å²) in [5, 5.41) is 13.8. The number of nitrogens with zero attached hydrogens (tertiary/aromatic N) is 1.